The Labute approximate surface area is 160 Å². The molecule has 0 N–H and O–H groups in total. The van der Waals surface area contributed by atoms with E-state index in [1.54, 1.807) is 0 Å². The molecular weight excluding hydrogens is 328 g/mol. The summed E-state index contributed by atoms with van der Waals surface area (Å²) < 4.78 is 0. The van der Waals surface area contributed by atoms with Gasteiger partial charge in [-0.15, -0.1) is 0 Å². The van der Waals surface area contributed by atoms with Crippen molar-refractivity contribution < 1.29 is 0 Å². The highest BCUT2D eigenvalue weighted by Gasteiger charge is 2.19. The summed E-state index contributed by atoms with van der Waals surface area (Å²) in [6.07, 6.45) is 2.91. The molecule has 0 saturated carbocycles. The second-order valence-corrected chi connectivity index (χ2v) is 6.61. The second kappa shape index (κ2) is 7.96. The Morgan fingerprint density at radius 3 is 2.00 bits per heavy atom. The molecule has 3 aromatic carbocycles. The molecule has 0 spiro atoms. The number of nitrogens with zero attached hydrogens (tertiary/aromatic N) is 2. The van der Waals surface area contributed by atoms with Gasteiger partial charge in [-0.25, -0.2) is 9.97 Å². The first-order valence-electron chi connectivity index (χ1n) is 9.37. The average molecular weight is 350 g/mol. The van der Waals surface area contributed by atoms with Crippen LogP contribution in [0.5, 0.6) is 0 Å². The number of aryl methyl sites for hydroxylation is 1. The first-order valence-corrected chi connectivity index (χ1v) is 9.37. The van der Waals surface area contributed by atoms with Gasteiger partial charge in [0, 0.05) is 11.8 Å². The molecule has 1 aromatic heterocycles. The number of hydrogen-bond donors (Lipinski definition) is 0. The highest BCUT2D eigenvalue weighted by molar-refractivity contribution is 5.55. The molecular formula is C25H22N2. The van der Waals surface area contributed by atoms with Crippen LogP contribution in [0.25, 0.3) is 11.4 Å². The van der Waals surface area contributed by atoms with Gasteiger partial charge in [-0.05, 0) is 29.2 Å². The largest absolute Gasteiger partial charge is 0.237 e. The van der Waals surface area contributed by atoms with Gasteiger partial charge in [0.05, 0.1) is 11.6 Å². The minimum Gasteiger partial charge on any atom is -0.237 e. The van der Waals surface area contributed by atoms with Gasteiger partial charge >= 0.3 is 0 Å². The Balaban J connectivity index is 1.81. The summed E-state index contributed by atoms with van der Waals surface area (Å²) in [5, 5.41) is 0. The lowest BCUT2D eigenvalue weighted by atomic mass is 9.87. The van der Waals surface area contributed by atoms with E-state index in [1.807, 2.05) is 42.6 Å². The molecule has 0 fully saturated rings. The summed E-state index contributed by atoms with van der Waals surface area (Å²) in [6, 6.07) is 31.6. The van der Waals surface area contributed by atoms with Crippen molar-refractivity contribution in [2.75, 3.05) is 0 Å². The zero-order valence-corrected chi connectivity index (χ0v) is 15.4. The molecule has 132 valence electrons. The van der Waals surface area contributed by atoms with E-state index in [9.17, 15) is 0 Å². The number of rotatable bonds is 5. The van der Waals surface area contributed by atoms with Gasteiger partial charge in [-0.1, -0.05) is 91.9 Å². The quantitative estimate of drug-likeness (QED) is 0.449. The Morgan fingerprint density at radius 2 is 1.33 bits per heavy atom. The Bertz CT molecular complexity index is 993. The van der Waals surface area contributed by atoms with Crippen LogP contribution in [-0.2, 0) is 6.42 Å². The second-order valence-electron chi connectivity index (χ2n) is 6.61. The lowest BCUT2D eigenvalue weighted by Gasteiger charge is -2.18. The lowest BCUT2D eigenvalue weighted by Crippen LogP contribution is -2.07. The molecule has 0 aliphatic heterocycles. The van der Waals surface area contributed by atoms with Gasteiger partial charge in [0.15, 0.2) is 5.82 Å². The Kier molecular flexibility index (Phi) is 5.06. The van der Waals surface area contributed by atoms with Gasteiger partial charge in [0.2, 0.25) is 0 Å². The monoisotopic (exact) mass is 350 g/mol. The van der Waals surface area contributed by atoms with Gasteiger partial charge in [0.1, 0.15) is 0 Å². The van der Waals surface area contributed by atoms with Crippen molar-refractivity contribution in [1.82, 2.24) is 9.97 Å². The van der Waals surface area contributed by atoms with Crippen molar-refractivity contribution in [3.8, 4) is 11.4 Å². The van der Waals surface area contributed by atoms with Gasteiger partial charge < -0.3 is 0 Å². The SMILES string of the molecule is CCc1ccc(C(c2ccccc2)c2ccnc(-c3ccccc3)n2)cc1. The van der Waals surface area contributed by atoms with E-state index in [1.165, 1.54) is 16.7 Å². The maximum atomic E-state index is 4.93. The zero-order chi connectivity index (χ0) is 18.5. The molecule has 1 heterocycles. The van der Waals surface area contributed by atoms with E-state index in [2.05, 4.69) is 66.5 Å². The van der Waals surface area contributed by atoms with E-state index in [-0.39, 0.29) is 5.92 Å². The smallest absolute Gasteiger partial charge is 0.159 e. The molecule has 0 radical (unpaired) electrons. The van der Waals surface area contributed by atoms with E-state index >= 15 is 0 Å². The fourth-order valence-electron chi connectivity index (χ4n) is 3.38. The number of benzene rings is 3. The van der Waals surface area contributed by atoms with Crippen LogP contribution in [0, 0.1) is 0 Å². The Hall–Kier alpha value is -3.26. The van der Waals surface area contributed by atoms with Crippen molar-refractivity contribution in [2.45, 2.75) is 19.3 Å². The van der Waals surface area contributed by atoms with Crippen LogP contribution < -0.4 is 0 Å². The highest BCUT2D eigenvalue weighted by atomic mass is 14.9. The maximum absolute atomic E-state index is 4.93. The molecule has 0 amide bonds. The van der Waals surface area contributed by atoms with E-state index in [4.69, 9.17) is 4.98 Å². The van der Waals surface area contributed by atoms with E-state index in [0.29, 0.717) is 0 Å². The molecule has 0 aliphatic carbocycles. The van der Waals surface area contributed by atoms with Crippen molar-refractivity contribution in [1.29, 1.82) is 0 Å². The molecule has 1 unspecified atom stereocenters. The first-order chi connectivity index (χ1) is 13.3. The van der Waals surface area contributed by atoms with Crippen molar-refractivity contribution in [2.24, 2.45) is 0 Å². The molecule has 0 bridgehead atoms. The van der Waals surface area contributed by atoms with E-state index < -0.39 is 0 Å². The van der Waals surface area contributed by atoms with Crippen LogP contribution in [0.4, 0.5) is 0 Å². The third-order valence-electron chi connectivity index (χ3n) is 4.86. The molecule has 0 aliphatic rings. The molecule has 27 heavy (non-hydrogen) atoms. The van der Waals surface area contributed by atoms with Crippen LogP contribution in [0.3, 0.4) is 0 Å². The van der Waals surface area contributed by atoms with Crippen LogP contribution in [0.2, 0.25) is 0 Å². The third-order valence-corrected chi connectivity index (χ3v) is 4.86. The van der Waals surface area contributed by atoms with Gasteiger partial charge in [-0.3, -0.25) is 0 Å². The van der Waals surface area contributed by atoms with Crippen LogP contribution in [0.1, 0.15) is 35.2 Å². The third kappa shape index (κ3) is 3.80. The number of hydrogen-bond acceptors (Lipinski definition) is 2. The number of aromatic nitrogens is 2. The topological polar surface area (TPSA) is 25.8 Å². The maximum Gasteiger partial charge on any atom is 0.159 e. The molecule has 2 heteroatoms. The standard InChI is InChI=1S/C25H22N2/c1-2-19-13-15-21(16-14-19)24(20-9-5-3-6-10-20)23-17-18-26-25(27-23)22-11-7-4-8-12-22/h3-18,24H,2H2,1H3. The fraction of sp³-hybridized carbons (Fsp3) is 0.120. The van der Waals surface area contributed by atoms with Crippen molar-refractivity contribution in [3.63, 3.8) is 0 Å². The molecule has 2 nitrogen and oxygen atoms in total. The lowest BCUT2D eigenvalue weighted by molar-refractivity contribution is 0.904. The minimum atomic E-state index is 0.0857. The van der Waals surface area contributed by atoms with Crippen LogP contribution in [0.15, 0.2) is 97.2 Å². The predicted molar refractivity (Wildman–Crippen MR) is 111 cm³/mol. The predicted octanol–water partition coefficient (Wildman–Crippen LogP) is 5.89. The van der Waals surface area contributed by atoms with Gasteiger partial charge in [-0.2, -0.15) is 0 Å². The first kappa shape index (κ1) is 17.2. The Morgan fingerprint density at radius 1 is 0.704 bits per heavy atom. The summed E-state index contributed by atoms with van der Waals surface area (Å²) in [4.78, 5) is 9.42. The zero-order valence-electron chi connectivity index (χ0n) is 15.4. The molecule has 1 atom stereocenters. The van der Waals surface area contributed by atoms with Crippen LogP contribution >= 0.6 is 0 Å². The molecule has 4 aromatic rings. The van der Waals surface area contributed by atoms with Crippen LogP contribution in [-0.4, -0.2) is 9.97 Å². The molecule has 0 saturated heterocycles. The van der Waals surface area contributed by atoms with Gasteiger partial charge in [0.25, 0.3) is 0 Å². The minimum absolute atomic E-state index is 0.0857. The summed E-state index contributed by atoms with van der Waals surface area (Å²) in [7, 11) is 0. The normalized spacial score (nSPS) is 11.9. The highest BCUT2D eigenvalue weighted by Crippen LogP contribution is 2.31. The summed E-state index contributed by atoms with van der Waals surface area (Å²) >= 11 is 0. The van der Waals surface area contributed by atoms with E-state index in [0.717, 1.165) is 23.5 Å². The summed E-state index contributed by atoms with van der Waals surface area (Å²) in [6.45, 7) is 2.18. The molecule has 4 rings (SSSR count). The fourth-order valence-corrected chi connectivity index (χ4v) is 3.38. The average Bonchev–Trinajstić information content (AvgIpc) is 2.76. The van der Waals surface area contributed by atoms with Crippen molar-refractivity contribution in [3.05, 3.63) is 120 Å². The van der Waals surface area contributed by atoms with Crippen molar-refractivity contribution >= 4 is 0 Å². The summed E-state index contributed by atoms with van der Waals surface area (Å²) in [5.41, 5.74) is 5.88. The summed E-state index contributed by atoms with van der Waals surface area (Å²) in [5.74, 6) is 0.849.